The Kier molecular flexibility index (Phi) is 7.57. The second-order valence-electron chi connectivity index (χ2n) is 8.17. The van der Waals surface area contributed by atoms with Crippen molar-refractivity contribution in [1.29, 1.82) is 0 Å². The van der Waals surface area contributed by atoms with Crippen LogP contribution in [-0.4, -0.2) is 48.1 Å². The van der Waals surface area contributed by atoms with Crippen LogP contribution in [0, 0.1) is 11.3 Å². The number of carbonyl (C=O) groups is 1. The van der Waals surface area contributed by atoms with Crippen LogP contribution in [0.2, 0.25) is 0 Å². The minimum absolute atomic E-state index is 0.100. The monoisotopic (exact) mass is 389 g/mol. The molecule has 0 spiro atoms. The molecule has 1 aromatic carbocycles. The summed E-state index contributed by atoms with van der Waals surface area (Å²) in [6, 6.07) is 7.52. The van der Waals surface area contributed by atoms with Crippen LogP contribution >= 0.6 is 0 Å². The molecule has 0 saturated carbocycles. The third kappa shape index (κ3) is 6.34. The number of carbonyl (C=O) groups excluding carboxylic acids is 1. The molecule has 0 N–H and O–H groups in total. The van der Waals surface area contributed by atoms with Crippen molar-refractivity contribution in [2.75, 3.05) is 27.4 Å². The lowest BCUT2D eigenvalue weighted by molar-refractivity contribution is 0.0854. The predicted molar refractivity (Wildman–Crippen MR) is 108 cm³/mol. The lowest BCUT2D eigenvalue weighted by atomic mass is 9.84. The summed E-state index contributed by atoms with van der Waals surface area (Å²) in [6.07, 6.45) is 1.34. The number of rotatable bonds is 9. The number of aromatic nitrogens is 3. The molecule has 7 heteroatoms. The Labute approximate surface area is 167 Å². The summed E-state index contributed by atoms with van der Waals surface area (Å²) in [5.41, 5.74) is 0.932. The molecular formula is C21H31N3O4. The van der Waals surface area contributed by atoms with Gasteiger partial charge in [0.25, 0.3) is 0 Å². The highest BCUT2D eigenvalue weighted by Gasteiger charge is 2.23. The lowest BCUT2D eigenvalue weighted by Crippen LogP contribution is -2.20. The summed E-state index contributed by atoms with van der Waals surface area (Å²) in [5.74, 6) is 1.33. The van der Waals surface area contributed by atoms with E-state index < -0.39 is 0 Å². The Hall–Kier alpha value is -2.41. The summed E-state index contributed by atoms with van der Waals surface area (Å²) >= 11 is 0. The van der Waals surface area contributed by atoms with Crippen molar-refractivity contribution < 1.29 is 19.0 Å². The van der Waals surface area contributed by atoms with E-state index in [1.165, 1.54) is 4.68 Å². The zero-order valence-electron chi connectivity index (χ0n) is 17.7. The van der Waals surface area contributed by atoms with Gasteiger partial charge in [-0.25, -0.2) is 0 Å². The van der Waals surface area contributed by atoms with Gasteiger partial charge in [-0.1, -0.05) is 27.7 Å². The van der Waals surface area contributed by atoms with Gasteiger partial charge in [0.15, 0.2) is 5.82 Å². The average molecular weight is 389 g/mol. The number of methoxy groups -OCH3 is 2. The highest BCUT2D eigenvalue weighted by molar-refractivity contribution is 5.82. The highest BCUT2D eigenvalue weighted by Crippen LogP contribution is 2.28. The molecule has 2 aromatic rings. The molecule has 1 aromatic heterocycles. The van der Waals surface area contributed by atoms with Crippen molar-refractivity contribution in [3.8, 4) is 23.1 Å². The van der Waals surface area contributed by atoms with Crippen LogP contribution in [0.15, 0.2) is 24.3 Å². The van der Waals surface area contributed by atoms with Crippen molar-refractivity contribution in [3.05, 3.63) is 24.3 Å². The van der Waals surface area contributed by atoms with E-state index >= 15 is 0 Å². The summed E-state index contributed by atoms with van der Waals surface area (Å²) in [6.45, 7) is 9.35. The van der Waals surface area contributed by atoms with Crippen LogP contribution in [0.1, 0.15) is 45.3 Å². The maximum Gasteiger partial charge on any atom is 0.336 e. The molecule has 0 radical (unpaired) electrons. The average Bonchev–Trinajstić information content (AvgIpc) is 3.04. The summed E-state index contributed by atoms with van der Waals surface area (Å²) < 4.78 is 17.1. The van der Waals surface area contributed by atoms with Gasteiger partial charge in [0.05, 0.1) is 13.7 Å². The van der Waals surface area contributed by atoms with E-state index in [-0.39, 0.29) is 23.3 Å². The van der Waals surface area contributed by atoms with Gasteiger partial charge in [-0.2, -0.15) is 9.67 Å². The first-order chi connectivity index (χ1) is 13.2. The summed E-state index contributed by atoms with van der Waals surface area (Å²) in [7, 11) is 3.21. The van der Waals surface area contributed by atoms with Gasteiger partial charge in [0.1, 0.15) is 12.4 Å². The maximum absolute atomic E-state index is 13.0. The van der Waals surface area contributed by atoms with Crippen molar-refractivity contribution in [2.24, 2.45) is 11.3 Å². The Balaban J connectivity index is 2.27. The minimum atomic E-state index is -0.100. The molecule has 0 amide bonds. The molecule has 1 atom stereocenters. The van der Waals surface area contributed by atoms with Gasteiger partial charge in [-0.05, 0) is 42.0 Å². The van der Waals surface area contributed by atoms with Crippen molar-refractivity contribution >= 4 is 5.91 Å². The molecule has 7 nitrogen and oxygen atoms in total. The number of hydrogen-bond donors (Lipinski definition) is 0. The molecule has 28 heavy (non-hydrogen) atoms. The number of hydrogen-bond acceptors (Lipinski definition) is 6. The van der Waals surface area contributed by atoms with Crippen molar-refractivity contribution in [3.63, 3.8) is 0 Å². The molecular weight excluding hydrogens is 358 g/mol. The molecule has 1 heterocycles. The topological polar surface area (TPSA) is 75.5 Å². The second kappa shape index (κ2) is 9.68. The van der Waals surface area contributed by atoms with E-state index in [0.717, 1.165) is 17.7 Å². The van der Waals surface area contributed by atoms with Crippen LogP contribution in [-0.2, 0) is 4.74 Å². The van der Waals surface area contributed by atoms with Gasteiger partial charge in [0.2, 0.25) is 5.91 Å². The van der Waals surface area contributed by atoms with E-state index in [1.54, 1.807) is 14.2 Å². The Morgan fingerprint density at radius 2 is 1.82 bits per heavy atom. The van der Waals surface area contributed by atoms with Crippen molar-refractivity contribution in [2.45, 2.75) is 40.5 Å². The first-order valence-electron chi connectivity index (χ1n) is 9.50. The van der Waals surface area contributed by atoms with Crippen molar-refractivity contribution in [1.82, 2.24) is 14.8 Å². The smallest absolute Gasteiger partial charge is 0.336 e. The standard InChI is InChI=1S/C21H31N3O4/c1-15(14-21(2,3)4)13-18(25)24-19(16-7-9-17(27-6)10-8-16)22-20(23-24)28-12-11-26-5/h7-10,15H,11-14H2,1-6H3. The lowest BCUT2D eigenvalue weighted by Gasteiger charge is -2.22. The van der Waals surface area contributed by atoms with Gasteiger partial charge >= 0.3 is 6.01 Å². The first kappa shape index (κ1) is 21.9. The fourth-order valence-corrected chi connectivity index (χ4v) is 3.17. The molecule has 1 unspecified atom stereocenters. The largest absolute Gasteiger partial charge is 0.497 e. The van der Waals surface area contributed by atoms with E-state index in [1.807, 2.05) is 24.3 Å². The molecule has 0 aliphatic carbocycles. The number of benzene rings is 1. The fourth-order valence-electron chi connectivity index (χ4n) is 3.17. The minimum Gasteiger partial charge on any atom is -0.497 e. The Morgan fingerprint density at radius 1 is 1.14 bits per heavy atom. The van der Waals surface area contributed by atoms with E-state index in [4.69, 9.17) is 14.2 Å². The summed E-state index contributed by atoms with van der Waals surface area (Å²) in [5, 5.41) is 4.30. The molecule has 0 saturated heterocycles. The van der Waals surface area contributed by atoms with Gasteiger partial charge in [-0.15, -0.1) is 5.10 Å². The Morgan fingerprint density at radius 3 is 2.39 bits per heavy atom. The first-order valence-corrected chi connectivity index (χ1v) is 9.50. The molecule has 0 aliphatic heterocycles. The van der Waals surface area contributed by atoms with E-state index in [2.05, 4.69) is 37.8 Å². The number of ether oxygens (including phenoxy) is 3. The molecule has 0 fully saturated rings. The van der Waals surface area contributed by atoms with Gasteiger partial charge in [-0.3, -0.25) is 4.79 Å². The highest BCUT2D eigenvalue weighted by atomic mass is 16.5. The zero-order valence-corrected chi connectivity index (χ0v) is 17.7. The maximum atomic E-state index is 13.0. The zero-order chi connectivity index (χ0) is 20.7. The van der Waals surface area contributed by atoms with Crippen LogP contribution in [0.4, 0.5) is 0 Å². The quantitative estimate of drug-likeness (QED) is 0.602. The summed E-state index contributed by atoms with van der Waals surface area (Å²) in [4.78, 5) is 17.4. The van der Waals surface area contributed by atoms with Crippen LogP contribution in [0.3, 0.4) is 0 Å². The van der Waals surface area contributed by atoms with Crippen LogP contribution < -0.4 is 9.47 Å². The molecule has 2 rings (SSSR count). The SMILES string of the molecule is COCCOc1nc(-c2ccc(OC)cc2)n(C(=O)CC(C)CC(C)(C)C)n1. The van der Waals surface area contributed by atoms with Gasteiger partial charge < -0.3 is 14.2 Å². The van der Waals surface area contributed by atoms with Crippen LogP contribution in [0.5, 0.6) is 11.8 Å². The Bertz CT molecular complexity index is 763. The van der Waals surface area contributed by atoms with Crippen LogP contribution in [0.25, 0.3) is 11.4 Å². The molecule has 0 aliphatic rings. The second-order valence-corrected chi connectivity index (χ2v) is 8.17. The molecule has 0 bridgehead atoms. The fraction of sp³-hybridized carbons (Fsp3) is 0.571. The van der Waals surface area contributed by atoms with E-state index in [0.29, 0.717) is 25.5 Å². The number of nitrogens with zero attached hydrogens (tertiary/aromatic N) is 3. The third-order valence-electron chi connectivity index (χ3n) is 4.17. The molecule has 154 valence electrons. The van der Waals surface area contributed by atoms with Gasteiger partial charge in [0, 0.05) is 19.1 Å². The normalized spacial score (nSPS) is 12.6. The predicted octanol–water partition coefficient (Wildman–Crippen LogP) is 4.08. The van der Waals surface area contributed by atoms with E-state index in [9.17, 15) is 4.79 Å². The third-order valence-corrected chi connectivity index (χ3v) is 4.17.